The zero-order valence-corrected chi connectivity index (χ0v) is 11.8. The molecule has 3 N–H and O–H groups in total. The summed E-state index contributed by atoms with van der Waals surface area (Å²) < 4.78 is 0. The van der Waals surface area contributed by atoms with Gasteiger partial charge in [0.25, 0.3) is 0 Å². The number of pyridine rings is 1. The van der Waals surface area contributed by atoms with Crippen molar-refractivity contribution in [1.82, 2.24) is 15.2 Å². The molecule has 0 aliphatic carbocycles. The van der Waals surface area contributed by atoms with E-state index < -0.39 is 0 Å². The van der Waals surface area contributed by atoms with Crippen LogP contribution in [0, 0.1) is 0 Å². The van der Waals surface area contributed by atoms with E-state index in [2.05, 4.69) is 15.2 Å². The van der Waals surface area contributed by atoms with E-state index in [4.69, 9.17) is 5.73 Å². The van der Waals surface area contributed by atoms with E-state index >= 15 is 0 Å². The Bertz CT molecular complexity index is 404. The summed E-state index contributed by atoms with van der Waals surface area (Å²) in [5, 5.41) is 2.93. The normalized spacial score (nSPS) is 16.2. The molecule has 1 amide bonds. The highest BCUT2D eigenvalue weighted by Gasteiger charge is 2.10. The summed E-state index contributed by atoms with van der Waals surface area (Å²) in [4.78, 5) is 18.2. The number of carbonyl (C=O) groups is 1. The molecule has 0 saturated carbocycles. The van der Waals surface area contributed by atoms with Gasteiger partial charge in [-0.3, -0.25) is 14.7 Å². The number of carbonyl (C=O) groups excluding carboxylic acids is 1. The van der Waals surface area contributed by atoms with Crippen LogP contribution in [0.15, 0.2) is 18.3 Å². The number of nitrogen functional groups attached to an aromatic ring is 1. The lowest BCUT2D eigenvalue weighted by Gasteiger charge is -2.25. The average molecular weight is 280 g/mol. The van der Waals surface area contributed by atoms with Gasteiger partial charge in [0.2, 0.25) is 5.91 Å². The van der Waals surface area contributed by atoms with Crippen molar-refractivity contribution in [3.63, 3.8) is 0 Å². The number of aromatic nitrogens is 1. The van der Waals surface area contributed by atoms with Crippen molar-refractivity contribution >= 4 is 23.4 Å². The molecule has 0 bridgehead atoms. The third kappa shape index (κ3) is 5.08. The van der Waals surface area contributed by atoms with Crippen LogP contribution >= 0.6 is 11.8 Å². The smallest absolute Gasteiger partial charge is 0.226 e. The van der Waals surface area contributed by atoms with E-state index in [9.17, 15) is 4.79 Å². The molecule has 5 nitrogen and oxygen atoms in total. The predicted molar refractivity (Wildman–Crippen MR) is 79.1 cm³/mol. The van der Waals surface area contributed by atoms with Gasteiger partial charge in [0, 0.05) is 43.4 Å². The number of rotatable bonds is 5. The van der Waals surface area contributed by atoms with Crippen LogP contribution in [0.25, 0.3) is 0 Å². The maximum absolute atomic E-state index is 11.7. The summed E-state index contributed by atoms with van der Waals surface area (Å²) in [6.45, 7) is 3.89. The first-order valence-corrected chi connectivity index (χ1v) is 7.67. The van der Waals surface area contributed by atoms with Gasteiger partial charge in [-0.1, -0.05) is 0 Å². The largest absolute Gasteiger partial charge is 0.397 e. The Morgan fingerprint density at radius 1 is 1.42 bits per heavy atom. The highest BCUT2D eigenvalue weighted by molar-refractivity contribution is 7.99. The van der Waals surface area contributed by atoms with E-state index in [-0.39, 0.29) is 5.91 Å². The lowest BCUT2D eigenvalue weighted by molar-refractivity contribution is -0.120. The van der Waals surface area contributed by atoms with Crippen LogP contribution in [0.1, 0.15) is 5.69 Å². The highest BCUT2D eigenvalue weighted by atomic mass is 32.2. The van der Waals surface area contributed by atoms with Crippen molar-refractivity contribution in [1.29, 1.82) is 0 Å². The van der Waals surface area contributed by atoms with Gasteiger partial charge in [0.15, 0.2) is 0 Å². The van der Waals surface area contributed by atoms with Crippen molar-refractivity contribution in [3.05, 3.63) is 24.0 Å². The summed E-state index contributed by atoms with van der Waals surface area (Å²) >= 11 is 1.99. The predicted octanol–water partition coefficient (Wildman–Crippen LogP) is 0.371. The second-order valence-corrected chi connectivity index (χ2v) is 5.79. The molecule has 1 fully saturated rings. The zero-order chi connectivity index (χ0) is 13.5. The summed E-state index contributed by atoms with van der Waals surface area (Å²) in [6.07, 6.45) is 1.89. The minimum Gasteiger partial charge on any atom is -0.397 e. The highest BCUT2D eigenvalue weighted by Crippen LogP contribution is 2.08. The Kier molecular flexibility index (Phi) is 5.47. The van der Waals surface area contributed by atoms with Gasteiger partial charge >= 0.3 is 0 Å². The standard InChI is InChI=1S/C13H20N4OS/c14-11-1-2-12(16-10-11)9-13(18)15-3-4-17-5-7-19-8-6-17/h1-2,10H,3-9,14H2,(H,15,18). The monoisotopic (exact) mass is 280 g/mol. The topological polar surface area (TPSA) is 71.2 Å². The van der Waals surface area contributed by atoms with E-state index in [1.807, 2.05) is 11.8 Å². The molecule has 1 aromatic heterocycles. The molecular weight excluding hydrogens is 260 g/mol. The fourth-order valence-corrected chi connectivity index (χ4v) is 2.92. The molecule has 6 heteroatoms. The molecule has 0 spiro atoms. The second kappa shape index (κ2) is 7.35. The number of nitrogens with one attached hydrogen (secondary N) is 1. The Labute approximate surface area is 117 Å². The van der Waals surface area contributed by atoms with E-state index in [1.54, 1.807) is 18.3 Å². The average Bonchev–Trinajstić information content (AvgIpc) is 2.43. The second-order valence-electron chi connectivity index (χ2n) is 4.56. The van der Waals surface area contributed by atoms with Gasteiger partial charge in [0.1, 0.15) is 0 Å². The molecule has 2 heterocycles. The summed E-state index contributed by atoms with van der Waals surface area (Å²) in [5.41, 5.74) is 6.92. The fraction of sp³-hybridized carbons (Fsp3) is 0.538. The van der Waals surface area contributed by atoms with Crippen molar-refractivity contribution in [3.8, 4) is 0 Å². The van der Waals surface area contributed by atoms with Gasteiger partial charge in [-0.15, -0.1) is 0 Å². The Morgan fingerprint density at radius 2 is 2.21 bits per heavy atom. The molecule has 104 valence electrons. The molecule has 1 aliphatic heterocycles. The maximum Gasteiger partial charge on any atom is 0.226 e. The van der Waals surface area contributed by atoms with Crippen LogP contribution in [-0.4, -0.2) is 53.5 Å². The minimum atomic E-state index is 0.0173. The zero-order valence-electron chi connectivity index (χ0n) is 11.0. The first kappa shape index (κ1) is 14.1. The van der Waals surface area contributed by atoms with Crippen molar-refractivity contribution in [2.75, 3.05) is 43.4 Å². The van der Waals surface area contributed by atoms with Gasteiger partial charge in [-0.05, 0) is 12.1 Å². The number of hydrogen-bond donors (Lipinski definition) is 2. The number of nitrogens with zero attached hydrogens (tertiary/aromatic N) is 2. The molecule has 0 atom stereocenters. The molecule has 0 radical (unpaired) electrons. The molecule has 19 heavy (non-hydrogen) atoms. The molecule has 0 unspecified atom stereocenters. The molecule has 1 aliphatic rings. The lowest BCUT2D eigenvalue weighted by Crippen LogP contribution is -2.39. The molecule has 1 aromatic rings. The van der Waals surface area contributed by atoms with Gasteiger partial charge in [-0.2, -0.15) is 11.8 Å². The van der Waals surface area contributed by atoms with Gasteiger partial charge in [-0.25, -0.2) is 0 Å². The number of amides is 1. The third-order valence-corrected chi connectivity index (χ3v) is 3.99. The maximum atomic E-state index is 11.7. The van der Waals surface area contributed by atoms with Gasteiger partial charge < -0.3 is 11.1 Å². The molecule has 2 rings (SSSR count). The van der Waals surface area contributed by atoms with Crippen LogP contribution < -0.4 is 11.1 Å². The molecule has 0 aromatic carbocycles. The summed E-state index contributed by atoms with van der Waals surface area (Å²) in [6, 6.07) is 3.55. The summed E-state index contributed by atoms with van der Waals surface area (Å²) in [5.74, 6) is 2.41. The number of nitrogens with two attached hydrogens (primary N) is 1. The Hall–Kier alpha value is -1.27. The number of hydrogen-bond acceptors (Lipinski definition) is 5. The quantitative estimate of drug-likeness (QED) is 0.815. The van der Waals surface area contributed by atoms with Crippen LogP contribution in [-0.2, 0) is 11.2 Å². The Morgan fingerprint density at radius 3 is 2.89 bits per heavy atom. The number of anilines is 1. The van der Waals surface area contributed by atoms with Crippen molar-refractivity contribution in [2.45, 2.75) is 6.42 Å². The minimum absolute atomic E-state index is 0.0173. The van der Waals surface area contributed by atoms with Crippen LogP contribution in [0.2, 0.25) is 0 Å². The first-order chi connectivity index (χ1) is 9.24. The molecule has 1 saturated heterocycles. The SMILES string of the molecule is Nc1ccc(CC(=O)NCCN2CCSCC2)nc1. The Balaban J connectivity index is 1.65. The van der Waals surface area contributed by atoms with E-state index in [1.165, 1.54) is 11.5 Å². The third-order valence-electron chi connectivity index (χ3n) is 3.04. The van der Waals surface area contributed by atoms with Crippen LogP contribution in [0.3, 0.4) is 0 Å². The summed E-state index contributed by atoms with van der Waals surface area (Å²) in [7, 11) is 0. The molecular formula is C13H20N4OS. The van der Waals surface area contributed by atoms with E-state index in [0.29, 0.717) is 18.7 Å². The fourth-order valence-electron chi connectivity index (χ4n) is 1.95. The van der Waals surface area contributed by atoms with Gasteiger partial charge in [0.05, 0.1) is 18.3 Å². The van der Waals surface area contributed by atoms with E-state index in [0.717, 1.165) is 25.3 Å². The van der Waals surface area contributed by atoms with Crippen molar-refractivity contribution < 1.29 is 4.79 Å². The van der Waals surface area contributed by atoms with Crippen LogP contribution in [0.5, 0.6) is 0 Å². The van der Waals surface area contributed by atoms with Crippen molar-refractivity contribution in [2.24, 2.45) is 0 Å². The lowest BCUT2D eigenvalue weighted by atomic mass is 10.2. The first-order valence-electron chi connectivity index (χ1n) is 6.51. The van der Waals surface area contributed by atoms with Crippen LogP contribution in [0.4, 0.5) is 5.69 Å². The number of thioether (sulfide) groups is 1.